The second kappa shape index (κ2) is 6.04. The van der Waals surface area contributed by atoms with Crippen LogP contribution in [0.4, 0.5) is 8.78 Å². The summed E-state index contributed by atoms with van der Waals surface area (Å²) >= 11 is 0. The van der Waals surface area contributed by atoms with Gasteiger partial charge in [-0.25, -0.2) is 13.6 Å². The highest BCUT2D eigenvalue weighted by Gasteiger charge is 2.38. The maximum Gasteiger partial charge on any atom is 0.340 e. The molecule has 126 valence electrons. The molecular formula is C16H13F2NO5. The van der Waals surface area contributed by atoms with Crippen molar-refractivity contribution < 1.29 is 28.2 Å². The third kappa shape index (κ3) is 3.00. The van der Waals surface area contributed by atoms with Gasteiger partial charge in [-0.1, -0.05) is 0 Å². The molecule has 0 radical (unpaired) electrons. The number of amides is 1. The van der Waals surface area contributed by atoms with Crippen molar-refractivity contribution in [2.45, 2.75) is 18.6 Å². The van der Waals surface area contributed by atoms with Crippen LogP contribution in [0.2, 0.25) is 0 Å². The summed E-state index contributed by atoms with van der Waals surface area (Å²) in [6.45, 7) is -0.140. The number of likely N-dealkylation sites (tertiary alicyclic amines) is 1. The Kier molecular flexibility index (Phi) is 4.06. The third-order valence-corrected chi connectivity index (χ3v) is 3.82. The Bertz CT molecular complexity index is 851. The number of aliphatic hydroxyl groups is 1. The van der Waals surface area contributed by atoms with E-state index < -0.39 is 46.8 Å². The van der Waals surface area contributed by atoms with E-state index in [4.69, 9.17) is 4.42 Å². The van der Waals surface area contributed by atoms with Crippen LogP contribution < -0.4 is 5.63 Å². The van der Waals surface area contributed by atoms with E-state index in [1.54, 1.807) is 0 Å². The number of hydrogen-bond acceptors (Lipinski definition) is 5. The molecule has 1 aliphatic rings. The number of benzene rings is 1. The Hall–Kier alpha value is -2.74. The molecule has 2 aromatic rings. The zero-order chi connectivity index (χ0) is 17.4. The van der Waals surface area contributed by atoms with Crippen LogP contribution in [0, 0.1) is 11.6 Å². The number of nitrogens with zero attached hydrogens (tertiary/aromatic N) is 1. The molecule has 1 aromatic carbocycles. The third-order valence-electron chi connectivity index (χ3n) is 3.82. The summed E-state index contributed by atoms with van der Waals surface area (Å²) in [6, 6.07) is 3.66. The number of hydrogen-bond donors (Lipinski definition) is 2. The highest BCUT2D eigenvalue weighted by atomic mass is 19.1. The molecule has 1 saturated heterocycles. The van der Waals surface area contributed by atoms with Gasteiger partial charge in [0.15, 0.2) is 5.76 Å². The Morgan fingerprint density at radius 1 is 1.25 bits per heavy atom. The number of halogens is 2. The lowest BCUT2D eigenvalue weighted by atomic mass is 10.0. The first-order valence-electron chi connectivity index (χ1n) is 7.13. The fourth-order valence-electron chi connectivity index (χ4n) is 2.81. The monoisotopic (exact) mass is 337 g/mol. The molecule has 2 heterocycles. The van der Waals surface area contributed by atoms with Crippen molar-refractivity contribution in [3.8, 4) is 5.75 Å². The maximum atomic E-state index is 14.0. The van der Waals surface area contributed by atoms with E-state index in [2.05, 4.69) is 0 Å². The second-order valence-corrected chi connectivity index (χ2v) is 5.53. The average molecular weight is 337 g/mol. The number of carbonyl (C=O) groups excluding carboxylic acids is 1. The first-order chi connectivity index (χ1) is 11.3. The summed E-state index contributed by atoms with van der Waals surface area (Å²) < 4.78 is 32.2. The Morgan fingerprint density at radius 2 is 2.00 bits per heavy atom. The van der Waals surface area contributed by atoms with Crippen molar-refractivity contribution in [3.63, 3.8) is 0 Å². The second-order valence-electron chi connectivity index (χ2n) is 5.53. The van der Waals surface area contributed by atoms with E-state index in [9.17, 15) is 28.6 Å². The van der Waals surface area contributed by atoms with Gasteiger partial charge in [-0.3, -0.25) is 4.79 Å². The summed E-state index contributed by atoms with van der Waals surface area (Å²) in [6.07, 6.45) is -0.930. The quantitative estimate of drug-likeness (QED) is 0.868. The number of aliphatic hydroxyl groups excluding tert-OH is 1. The lowest BCUT2D eigenvalue weighted by molar-refractivity contribution is 0.0675. The Balaban J connectivity index is 2.00. The molecule has 0 spiro atoms. The highest BCUT2D eigenvalue weighted by Crippen LogP contribution is 2.35. The van der Waals surface area contributed by atoms with Gasteiger partial charge >= 0.3 is 5.63 Å². The standard InChI is InChI=1S/C16H13F2NO5/c17-8-1-2-12(18)11(3-8)13-4-10(21)7-19(13)16(23)14-5-9(20)6-15(22)24-14/h1-3,5-6,10,13,20-21H,4,7H2/t10-,13-/m1/s1. The van der Waals surface area contributed by atoms with Gasteiger partial charge in [0.1, 0.15) is 17.4 Å². The molecule has 1 fully saturated rings. The first kappa shape index (κ1) is 16.1. The van der Waals surface area contributed by atoms with Crippen LogP contribution in [0.3, 0.4) is 0 Å². The number of carbonyl (C=O) groups is 1. The number of aromatic hydroxyl groups is 1. The normalized spacial score (nSPS) is 20.4. The van der Waals surface area contributed by atoms with Gasteiger partial charge in [0.2, 0.25) is 0 Å². The smallest absolute Gasteiger partial charge is 0.340 e. The van der Waals surface area contributed by atoms with E-state index in [0.29, 0.717) is 0 Å². The molecule has 3 rings (SSSR count). The van der Waals surface area contributed by atoms with Crippen LogP contribution in [0.5, 0.6) is 5.75 Å². The van der Waals surface area contributed by atoms with Gasteiger partial charge in [-0.05, 0) is 24.6 Å². The molecule has 0 aliphatic carbocycles. The molecular weight excluding hydrogens is 324 g/mol. The zero-order valence-corrected chi connectivity index (χ0v) is 12.3. The molecule has 2 N–H and O–H groups in total. The van der Waals surface area contributed by atoms with Gasteiger partial charge in [0.25, 0.3) is 5.91 Å². The van der Waals surface area contributed by atoms with Gasteiger partial charge in [0, 0.05) is 18.2 Å². The van der Waals surface area contributed by atoms with E-state index >= 15 is 0 Å². The Morgan fingerprint density at radius 3 is 2.71 bits per heavy atom. The highest BCUT2D eigenvalue weighted by molar-refractivity contribution is 5.92. The molecule has 6 nitrogen and oxygen atoms in total. The number of β-amino-alcohol motifs (C(OH)–C–C–N with tert-alkyl or cyclic N) is 1. The molecule has 1 amide bonds. The van der Waals surface area contributed by atoms with Gasteiger partial charge in [0.05, 0.1) is 18.2 Å². The molecule has 0 unspecified atom stereocenters. The van der Waals surface area contributed by atoms with Crippen molar-refractivity contribution >= 4 is 5.91 Å². The van der Waals surface area contributed by atoms with Crippen molar-refractivity contribution in [2.24, 2.45) is 0 Å². The fraction of sp³-hybridized carbons (Fsp3) is 0.250. The van der Waals surface area contributed by atoms with Crippen LogP contribution in [0.1, 0.15) is 28.6 Å². The van der Waals surface area contributed by atoms with Gasteiger partial charge in [-0.2, -0.15) is 0 Å². The van der Waals surface area contributed by atoms with Gasteiger partial charge in [-0.15, -0.1) is 0 Å². The lowest BCUT2D eigenvalue weighted by Gasteiger charge is -2.24. The van der Waals surface area contributed by atoms with Crippen LogP contribution in [-0.4, -0.2) is 33.7 Å². The molecule has 24 heavy (non-hydrogen) atoms. The van der Waals surface area contributed by atoms with E-state index in [0.717, 1.165) is 35.2 Å². The van der Waals surface area contributed by atoms with Crippen LogP contribution in [-0.2, 0) is 0 Å². The molecule has 2 atom stereocenters. The topological polar surface area (TPSA) is 91.0 Å². The van der Waals surface area contributed by atoms with E-state index in [1.807, 2.05) is 0 Å². The van der Waals surface area contributed by atoms with Crippen LogP contribution in [0.15, 0.2) is 39.5 Å². The minimum Gasteiger partial charge on any atom is -0.508 e. The number of rotatable bonds is 2. The van der Waals surface area contributed by atoms with E-state index in [1.165, 1.54) is 0 Å². The molecule has 1 aromatic heterocycles. The van der Waals surface area contributed by atoms with E-state index in [-0.39, 0.29) is 18.5 Å². The largest absolute Gasteiger partial charge is 0.508 e. The summed E-state index contributed by atoms with van der Waals surface area (Å²) in [4.78, 5) is 24.9. The van der Waals surface area contributed by atoms with Crippen LogP contribution >= 0.6 is 0 Å². The SMILES string of the molecule is O=C(c1cc(O)cc(=O)o1)N1C[C@H](O)C[C@@H]1c1cc(F)ccc1F. The lowest BCUT2D eigenvalue weighted by Crippen LogP contribution is -2.32. The van der Waals surface area contributed by atoms with Crippen molar-refractivity contribution in [2.75, 3.05) is 6.54 Å². The Labute approximate surface area is 134 Å². The predicted molar refractivity (Wildman–Crippen MR) is 77.4 cm³/mol. The van der Waals surface area contributed by atoms with Gasteiger partial charge < -0.3 is 19.5 Å². The average Bonchev–Trinajstić information content (AvgIpc) is 2.89. The summed E-state index contributed by atoms with van der Waals surface area (Å²) in [7, 11) is 0. The zero-order valence-electron chi connectivity index (χ0n) is 12.3. The van der Waals surface area contributed by atoms with Crippen molar-refractivity contribution in [3.05, 3.63) is 63.7 Å². The fourth-order valence-corrected chi connectivity index (χ4v) is 2.81. The maximum absolute atomic E-state index is 14.0. The van der Waals surface area contributed by atoms with Crippen LogP contribution in [0.25, 0.3) is 0 Å². The predicted octanol–water partition coefficient (Wildman–Crippen LogP) is 1.57. The molecule has 0 bridgehead atoms. The molecule has 0 saturated carbocycles. The summed E-state index contributed by atoms with van der Waals surface area (Å²) in [5.74, 6) is -3.11. The van der Waals surface area contributed by atoms with Crippen molar-refractivity contribution in [1.82, 2.24) is 4.90 Å². The first-order valence-corrected chi connectivity index (χ1v) is 7.13. The van der Waals surface area contributed by atoms with Crippen molar-refractivity contribution in [1.29, 1.82) is 0 Å². The minimum absolute atomic E-state index is 0.00909. The molecule has 1 aliphatic heterocycles. The summed E-state index contributed by atoms with van der Waals surface area (Å²) in [5.41, 5.74) is -1.01. The molecule has 8 heteroatoms. The minimum atomic E-state index is -0.939. The summed E-state index contributed by atoms with van der Waals surface area (Å²) in [5, 5.41) is 19.3.